The van der Waals surface area contributed by atoms with Gasteiger partial charge in [-0.15, -0.1) is 0 Å². The summed E-state index contributed by atoms with van der Waals surface area (Å²) < 4.78 is 9.92. The Morgan fingerprint density at radius 1 is 1.22 bits per heavy atom. The van der Waals surface area contributed by atoms with E-state index in [2.05, 4.69) is 59.2 Å². The molecule has 0 aromatic carbocycles. The first-order valence-electron chi connectivity index (χ1n) is 4.00. The van der Waals surface area contributed by atoms with Gasteiger partial charge in [0.1, 0.15) is 5.52 Å². The minimum atomic E-state index is 0. The Morgan fingerprint density at radius 3 is 1.61 bits per heavy atom. The van der Waals surface area contributed by atoms with Gasteiger partial charge < -0.3 is 24.2 Å². The second-order valence-corrected chi connectivity index (χ2v) is 5.73. The van der Waals surface area contributed by atoms with Crippen LogP contribution in [0.15, 0.2) is 0 Å². The molecule has 10 heteroatoms. The molecular formula is C8H13Br2IO5Y2-2. The van der Waals surface area contributed by atoms with Gasteiger partial charge in [-0.2, -0.15) is 0 Å². The van der Waals surface area contributed by atoms with E-state index in [-0.39, 0.29) is 70.9 Å². The number of rotatable bonds is 2. The third-order valence-corrected chi connectivity index (χ3v) is 1.17. The average molecular weight is 654 g/mol. The van der Waals surface area contributed by atoms with Crippen molar-refractivity contribution in [2.75, 3.05) is 22.1 Å². The molecule has 0 aliphatic carbocycles. The van der Waals surface area contributed by atoms with Crippen LogP contribution in [0.4, 0.5) is 0 Å². The molecule has 1 aliphatic heterocycles. The molecule has 0 aromatic rings. The number of ether oxygens (including phenoxy) is 2. The average Bonchev–Trinajstić information content (AvgIpc) is 2.79. The molecule has 0 spiro atoms. The van der Waals surface area contributed by atoms with Crippen molar-refractivity contribution in [1.29, 1.82) is 0 Å². The van der Waals surface area contributed by atoms with E-state index in [4.69, 9.17) is 19.4 Å². The predicted octanol–water partition coefficient (Wildman–Crippen LogP) is 2.60. The molecule has 0 atom stereocenters. The molecule has 0 aromatic heterocycles. The molecule has 0 unspecified atom stereocenters. The summed E-state index contributed by atoms with van der Waals surface area (Å²) in [6.45, 7) is 3.72. The van der Waals surface area contributed by atoms with Gasteiger partial charge in [-0.1, -0.05) is 67.4 Å². The van der Waals surface area contributed by atoms with E-state index in [1.54, 1.807) is 0 Å². The van der Waals surface area contributed by atoms with Crippen LogP contribution in [0.25, 0.3) is 0 Å². The van der Waals surface area contributed by atoms with Gasteiger partial charge in [0, 0.05) is 78.6 Å². The third-order valence-electron chi connectivity index (χ3n) is 0.941. The van der Waals surface area contributed by atoms with E-state index in [0.717, 1.165) is 16.6 Å². The number of carbonyl (C=O) groups excluding carboxylic acids is 1. The standard InChI is InChI=1S/C4H8O.C2H2BrO2.CH2BrI.CHO2.2Y/c1-2-4-5-3-1;3-1-5-2-4;2*2-1-3;;/h1-4H2;1H2;1H2;(H,2,3);;/q;-1;;-1;;. The Morgan fingerprint density at radius 2 is 1.56 bits per heavy atom. The molecule has 1 fully saturated rings. The van der Waals surface area contributed by atoms with Crippen LogP contribution >= 0.6 is 54.5 Å². The molecule has 2 radical (unpaired) electrons. The summed E-state index contributed by atoms with van der Waals surface area (Å²) in [5.74, 6) is 0. The summed E-state index contributed by atoms with van der Waals surface area (Å²) >= 11 is 8.16. The summed E-state index contributed by atoms with van der Waals surface area (Å²) in [5.41, 5.74) is 0.233. The van der Waals surface area contributed by atoms with Gasteiger partial charge in [-0.25, -0.2) is 0 Å². The van der Waals surface area contributed by atoms with Gasteiger partial charge in [0.15, 0.2) is 0 Å². The van der Waals surface area contributed by atoms with Crippen LogP contribution in [0.3, 0.4) is 0 Å². The number of hydrogen-bond donors (Lipinski definition) is 1. The zero-order valence-electron chi connectivity index (χ0n) is 9.61. The Kier molecular flexibility index (Phi) is 77.5. The number of alkyl halides is 3. The Labute approximate surface area is 188 Å². The second kappa shape index (κ2) is 42.7. The van der Waals surface area contributed by atoms with Gasteiger partial charge in [-0.05, 0) is 12.8 Å². The first-order chi connectivity index (χ1) is 7.74. The molecule has 1 heterocycles. The topological polar surface area (TPSA) is 72.8 Å². The molecule has 0 saturated carbocycles. The van der Waals surface area contributed by atoms with E-state index in [0.29, 0.717) is 6.47 Å². The second-order valence-electron chi connectivity index (χ2n) is 1.85. The molecule has 1 aliphatic rings. The fraction of sp³-hybridized carbons (Fsp3) is 0.750. The summed E-state index contributed by atoms with van der Waals surface area (Å²) in [6.07, 6.45) is 2.56. The van der Waals surface area contributed by atoms with Gasteiger partial charge >= 0.3 is 0 Å². The summed E-state index contributed by atoms with van der Waals surface area (Å²) in [5, 5.41) is 6.76. The van der Waals surface area contributed by atoms with E-state index in [1.165, 1.54) is 19.3 Å². The summed E-state index contributed by atoms with van der Waals surface area (Å²) in [4.78, 5) is 17.3. The molecule has 0 bridgehead atoms. The van der Waals surface area contributed by atoms with Gasteiger partial charge in [-0.3, -0.25) is 0 Å². The van der Waals surface area contributed by atoms with Crippen LogP contribution < -0.4 is 0 Å². The Balaban J connectivity index is -0.0000000416. The van der Waals surface area contributed by atoms with Crippen molar-refractivity contribution in [3.05, 3.63) is 0 Å². The maximum Gasteiger partial charge on any atom is 0.106 e. The smallest absolute Gasteiger partial charge is 0.106 e. The minimum absolute atomic E-state index is 0. The maximum atomic E-state index is 9.03. The van der Waals surface area contributed by atoms with Crippen molar-refractivity contribution in [1.82, 2.24) is 0 Å². The van der Waals surface area contributed by atoms with Crippen LogP contribution in [0.2, 0.25) is 0 Å². The van der Waals surface area contributed by atoms with Crippen molar-refractivity contribution >= 4 is 67.4 Å². The molecule has 0 amide bonds. The van der Waals surface area contributed by atoms with Crippen molar-refractivity contribution in [3.63, 3.8) is 0 Å². The largest absolute Gasteiger partial charge is 0.665 e. The van der Waals surface area contributed by atoms with E-state index >= 15 is 0 Å². The van der Waals surface area contributed by atoms with Crippen molar-refractivity contribution in [2.24, 2.45) is 0 Å². The molecule has 1 rings (SSSR count). The Bertz CT molecular complexity index is 126. The normalized spacial score (nSPS) is 10.2. The molecule has 5 nitrogen and oxygen atoms in total. The number of hydrogen-bond acceptors (Lipinski definition) is 4. The van der Waals surface area contributed by atoms with Crippen LogP contribution in [0, 0.1) is 0 Å². The molecule has 1 N–H and O–H groups in total. The first kappa shape index (κ1) is 32.7. The zero-order valence-corrected chi connectivity index (χ0v) is 20.6. The fourth-order valence-electron chi connectivity index (χ4n) is 0.533. The number of aliphatic hydroxyl groups excluding tert-OH is 1. The van der Waals surface area contributed by atoms with Crippen molar-refractivity contribution in [2.45, 2.75) is 12.8 Å². The Hall–Kier alpha value is 2.80. The molecule has 18 heavy (non-hydrogen) atoms. The van der Waals surface area contributed by atoms with E-state index in [9.17, 15) is 0 Å². The van der Waals surface area contributed by atoms with Gasteiger partial charge in [0.25, 0.3) is 0 Å². The predicted molar refractivity (Wildman–Crippen MR) is 76.8 cm³/mol. The van der Waals surface area contributed by atoms with Crippen LogP contribution in [0.1, 0.15) is 12.8 Å². The molecule has 104 valence electrons. The zero-order chi connectivity index (χ0) is 13.1. The summed E-state index contributed by atoms with van der Waals surface area (Å²) in [7, 11) is 0. The summed E-state index contributed by atoms with van der Waals surface area (Å²) in [6, 6.07) is 0. The van der Waals surface area contributed by atoms with E-state index in [1.807, 2.05) is 0 Å². The molecular weight excluding hydrogens is 641 g/mol. The third kappa shape index (κ3) is 62.0. The van der Waals surface area contributed by atoms with Crippen LogP contribution in [0.5, 0.6) is 0 Å². The molecule has 1 saturated heterocycles. The minimum Gasteiger partial charge on any atom is -0.665 e. The van der Waals surface area contributed by atoms with Gasteiger partial charge in [0.05, 0.1) is 3.34 Å². The van der Waals surface area contributed by atoms with Crippen LogP contribution in [-0.4, -0.2) is 40.1 Å². The van der Waals surface area contributed by atoms with Gasteiger partial charge in [0.2, 0.25) is 0 Å². The first-order valence-corrected chi connectivity index (χ1v) is 7.77. The van der Waals surface area contributed by atoms with Crippen molar-refractivity contribution in [3.8, 4) is 0 Å². The maximum absolute atomic E-state index is 9.03. The number of halogens is 3. The fourth-order valence-corrected chi connectivity index (χ4v) is 0.626. The van der Waals surface area contributed by atoms with E-state index < -0.39 is 0 Å². The van der Waals surface area contributed by atoms with Crippen LogP contribution in [-0.2, 0) is 84.5 Å². The SMILES string of the molecule is BrCI.C1CCOC1.O=[C-]O.O=[C-]OCBr.[Y].[Y]. The quantitative estimate of drug-likeness (QED) is 0.282. The van der Waals surface area contributed by atoms with Crippen molar-refractivity contribution < 1.29 is 89.6 Å². The monoisotopic (exact) mass is 652 g/mol.